The van der Waals surface area contributed by atoms with Gasteiger partial charge in [-0.25, -0.2) is 4.39 Å². The lowest BCUT2D eigenvalue weighted by Gasteiger charge is -2.06. The van der Waals surface area contributed by atoms with Gasteiger partial charge in [-0.2, -0.15) is 4.99 Å². The van der Waals surface area contributed by atoms with Gasteiger partial charge in [0.1, 0.15) is 11.6 Å². The van der Waals surface area contributed by atoms with Gasteiger partial charge in [0, 0.05) is 18.7 Å². The van der Waals surface area contributed by atoms with Gasteiger partial charge in [-0.1, -0.05) is 23.5 Å². The zero-order chi connectivity index (χ0) is 18.5. The van der Waals surface area contributed by atoms with E-state index in [0.29, 0.717) is 41.4 Å². The minimum atomic E-state index is -0.402. The Hall–Kier alpha value is -2.51. The molecule has 1 heterocycles. The van der Waals surface area contributed by atoms with Crippen molar-refractivity contribution >= 4 is 27.5 Å². The highest BCUT2D eigenvalue weighted by atomic mass is 32.1. The molecule has 0 fully saturated rings. The fraction of sp³-hybridized carbons (Fsp3) is 0.263. The summed E-state index contributed by atoms with van der Waals surface area (Å²) in [6.07, 6.45) is 0. The van der Waals surface area contributed by atoms with Crippen LogP contribution >= 0.6 is 11.3 Å². The van der Waals surface area contributed by atoms with Gasteiger partial charge in [-0.15, -0.1) is 0 Å². The first-order valence-corrected chi connectivity index (χ1v) is 9.04. The number of hydrogen-bond acceptors (Lipinski definition) is 4. The highest BCUT2D eigenvalue weighted by molar-refractivity contribution is 7.16. The number of carbonyl (C=O) groups excluding carboxylic acids is 1. The molecule has 0 saturated carbocycles. The lowest BCUT2D eigenvalue weighted by molar-refractivity contribution is 0.0996. The van der Waals surface area contributed by atoms with E-state index in [1.54, 1.807) is 34.9 Å². The second kappa shape index (κ2) is 8.25. The van der Waals surface area contributed by atoms with Crippen LogP contribution in [0, 0.1) is 5.82 Å². The number of aromatic nitrogens is 1. The molecule has 0 radical (unpaired) electrons. The average molecular weight is 374 g/mol. The number of hydrogen-bond donors (Lipinski definition) is 0. The van der Waals surface area contributed by atoms with Crippen LogP contribution in [-0.2, 0) is 11.3 Å². The van der Waals surface area contributed by atoms with Crippen molar-refractivity contribution < 1.29 is 18.7 Å². The molecule has 26 heavy (non-hydrogen) atoms. The Labute approximate surface area is 154 Å². The van der Waals surface area contributed by atoms with Crippen molar-refractivity contribution in [2.45, 2.75) is 13.5 Å². The molecule has 0 bridgehead atoms. The number of benzene rings is 2. The second-order valence-electron chi connectivity index (χ2n) is 5.47. The fourth-order valence-electron chi connectivity index (χ4n) is 2.59. The van der Waals surface area contributed by atoms with Crippen LogP contribution in [-0.4, -0.2) is 30.8 Å². The lowest BCUT2D eigenvalue weighted by atomic mass is 10.2. The molecule has 7 heteroatoms. The van der Waals surface area contributed by atoms with Gasteiger partial charge in [-0.3, -0.25) is 4.79 Å². The molecule has 136 valence electrons. The van der Waals surface area contributed by atoms with Crippen LogP contribution in [0.4, 0.5) is 4.39 Å². The van der Waals surface area contributed by atoms with Crippen LogP contribution in [0.25, 0.3) is 10.2 Å². The van der Waals surface area contributed by atoms with E-state index in [-0.39, 0.29) is 5.82 Å². The van der Waals surface area contributed by atoms with Crippen LogP contribution in [0.2, 0.25) is 0 Å². The summed E-state index contributed by atoms with van der Waals surface area (Å²) in [6.45, 7) is 3.30. The van der Waals surface area contributed by atoms with Crippen molar-refractivity contribution in [2.75, 3.05) is 20.3 Å². The first-order valence-electron chi connectivity index (χ1n) is 8.22. The molecule has 0 N–H and O–H groups in total. The molecule has 1 aromatic heterocycles. The molecule has 0 atom stereocenters. The largest absolute Gasteiger partial charge is 0.497 e. The van der Waals surface area contributed by atoms with E-state index in [9.17, 15) is 9.18 Å². The van der Waals surface area contributed by atoms with Gasteiger partial charge in [0.2, 0.25) is 0 Å². The SMILES string of the molecule is CCOCCn1c(=NC(=O)c2cccc(OC)c2)sc2cccc(F)c21. The number of para-hydroxylation sites is 1. The third kappa shape index (κ3) is 3.84. The van der Waals surface area contributed by atoms with E-state index < -0.39 is 5.91 Å². The number of ether oxygens (including phenoxy) is 2. The molecule has 0 saturated heterocycles. The van der Waals surface area contributed by atoms with Gasteiger partial charge < -0.3 is 14.0 Å². The molecule has 0 unspecified atom stereocenters. The Kier molecular flexibility index (Phi) is 5.80. The van der Waals surface area contributed by atoms with Crippen molar-refractivity contribution in [3.05, 3.63) is 58.6 Å². The Morgan fingerprint density at radius 2 is 2.08 bits per heavy atom. The predicted molar refractivity (Wildman–Crippen MR) is 99.2 cm³/mol. The normalized spacial score (nSPS) is 11.9. The Morgan fingerprint density at radius 3 is 2.85 bits per heavy atom. The van der Waals surface area contributed by atoms with E-state index in [0.717, 1.165) is 4.70 Å². The molecule has 3 rings (SSSR count). The highest BCUT2D eigenvalue weighted by Crippen LogP contribution is 2.20. The van der Waals surface area contributed by atoms with Crippen molar-refractivity contribution in [3.8, 4) is 5.75 Å². The first-order chi connectivity index (χ1) is 12.6. The number of thiazole rings is 1. The minimum absolute atomic E-state index is 0.342. The summed E-state index contributed by atoms with van der Waals surface area (Å²) in [7, 11) is 1.54. The standard InChI is InChI=1S/C19H19FN2O3S/c1-3-25-11-10-22-17-15(20)8-5-9-16(17)26-19(22)21-18(23)13-6-4-7-14(12-13)24-2/h4-9,12H,3,10-11H2,1-2H3. The summed E-state index contributed by atoms with van der Waals surface area (Å²) in [4.78, 5) is 17.2. The molecule has 2 aromatic carbocycles. The maximum Gasteiger partial charge on any atom is 0.279 e. The third-order valence-corrected chi connectivity index (χ3v) is 4.87. The minimum Gasteiger partial charge on any atom is -0.497 e. The Morgan fingerprint density at radius 1 is 1.27 bits per heavy atom. The average Bonchev–Trinajstić information content (AvgIpc) is 3.00. The van der Waals surface area contributed by atoms with E-state index >= 15 is 0 Å². The summed E-state index contributed by atoms with van der Waals surface area (Å²) < 4.78 is 27.3. The summed E-state index contributed by atoms with van der Waals surface area (Å²) in [5, 5.41) is 0. The van der Waals surface area contributed by atoms with Crippen LogP contribution in [0.15, 0.2) is 47.5 Å². The van der Waals surface area contributed by atoms with Crippen LogP contribution < -0.4 is 9.54 Å². The van der Waals surface area contributed by atoms with Crippen molar-refractivity contribution in [2.24, 2.45) is 4.99 Å². The quantitative estimate of drug-likeness (QED) is 0.619. The van der Waals surface area contributed by atoms with Gasteiger partial charge in [0.15, 0.2) is 4.80 Å². The van der Waals surface area contributed by atoms with Gasteiger partial charge >= 0.3 is 0 Å². The Bertz CT molecular complexity index is 994. The number of carbonyl (C=O) groups is 1. The first kappa shape index (κ1) is 18.3. The summed E-state index contributed by atoms with van der Waals surface area (Å²) >= 11 is 1.28. The number of methoxy groups -OCH3 is 1. The Balaban J connectivity index is 2.07. The number of rotatable bonds is 6. The van der Waals surface area contributed by atoms with Gasteiger partial charge in [-0.05, 0) is 37.3 Å². The number of amides is 1. The monoisotopic (exact) mass is 374 g/mol. The van der Waals surface area contributed by atoms with Gasteiger partial charge in [0.05, 0.1) is 23.9 Å². The maximum atomic E-state index is 14.3. The third-order valence-electron chi connectivity index (χ3n) is 3.83. The van der Waals surface area contributed by atoms with Crippen LogP contribution in [0.1, 0.15) is 17.3 Å². The number of nitrogens with zero attached hydrogens (tertiary/aromatic N) is 2. The highest BCUT2D eigenvalue weighted by Gasteiger charge is 2.13. The topological polar surface area (TPSA) is 52.8 Å². The zero-order valence-corrected chi connectivity index (χ0v) is 15.4. The lowest BCUT2D eigenvalue weighted by Crippen LogP contribution is -2.20. The van der Waals surface area contributed by atoms with Crippen molar-refractivity contribution in [3.63, 3.8) is 0 Å². The molecule has 3 aromatic rings. The maximum absolute atomic E-state index is 14.3. The summed E-state index contributed by atoms with van der Waals surface area (Å²) in [5.41, 5.74) is 0.855. The number of halogens is 1. The second-order valence-corrected chi connectivity index (χ2v) is 6.48. The summed E-state index contributed by atoms with van der Waals surface area (Å²) in [5.74, 6) is -0.163. The zero-order valence-electron chi connectivity index (χ0n) is 14.6. The van der Waals surface area contributed by atoms with E-state index in [2.05, 4.69) is 4.99 Å². The summed E-state index contributed by atoms with van der Waals surface area (Å²) in [6, 6.07) is 11.7. The van der Waals surface area contributed by atoms with Crippen LogP contribution in [0.3, 0.4) is 0 Å². The molecule has 1 amide bonds. The smallest absolute Gasteiger partial charge is 0.279 e. The van der Waals surface area contributed by atoms with Crippen LogP contribution in [0.5, 0.6) is 5.75 Å². The number of fused-ring (bicyclic) bond motifs is 1. The molecule has 0 aliphatic carbocycles. The molecule has 0 spiro atoms. The van der Waals surface area contributed by atoms with E-state index in [1.165, 1.54) is 24.5 Å². The molecular formula is C19H19FN2O3S. The van der Waals surface area contributed by atoms with E-state index in [4.69, 9.17) is 9.47 Å². The molecule has 0 aliphatic heterocycles. The predicted octanol–water partition coefficient (Wildman–Crippen LogP) is 3.63. The molecule has 0 aliphatic rings. The fourth-order valence-corrected chi connectivity index (χ4v) is 3.66. The molecule has 5 nitrogen and oxygen atoms in total. The van der Waals surface area contributed by atoms with Crippen molar-refractivity contribution in [1.82, 2.24) is 4.57 Å². The van der Waals surface area contributed by atoms with E-state index in [1.807, 2.05) is 13.0 Å². The molecular weight excluding hydrogens is 355 g/mol. The van der Waals surface area contributed by atoms with Gasteiger partial charge in [0.25, 0.3) is 5.91 Å². The van der Waals surface area contributed by atoms with Crippen molar-refractivity contribution in [1.29, 1.82) is 0 Å².